The van der Waals surface area contributed by atoms with Gasteiger partial charge in [-0.3, -0.25) is 0 Å². The second-order valence-electron chi connectivity index (χ2n) is 2.65. The fourth-order valence-electron chi connectivity index (χ4n) is 0.957. The monoisotopic (exact) mass is 170 g/mol. The number of hydrogen-bond donors (Lipinski definition) is 1. The quantitative estimate of drug-likeness (QED) is 0.677. The van der Waals surface area contributed by atoms with Crippen LogP contribution in [0.2, 0.25) is 0 Å². The number of aromatic hydroxyl groups is 1. The lowest BCUT2D eigenvalue weighted by Gasteiger charge is -2.02. The highest BCUT2D eigenvalue weighted by molar-refractivity contribution is 6.20. The molecule has 0 saturated heterocycles. The molecule has 1 aromatic carbocycles. The minimum atomic E-state index is 0.152. The van der Waals surface area contributed by atoms with Gasteiger partial charge in [-0.25, -0.2) is 0 Å². The van der Waals surface area contributed by atoms with Crippen LogP contribution in [-0.2, 0) is 6.42 Å². The molecule has 0 aliphatic carbocycles. The predicted octanol–water partition coefficient (Wildman–Crippen LogP) is 2.56. The molecule has 11 heavy (non-hydrogen) atoms. The molecule has 0 amide bonds. The minimum Gasteiger partial charge on any atom is -0.508 e. The van der Waals surface area contributed by atoms with Crippen LogP contribution in [0.25, 0.3) is 0 Å². The SMILES string of the molecule is CC(Cl)Cc1ccc(O)cc1. The Bertz CT molecular complexity index is 216. The van der Waals surface area contributed by atoms with Crippen LogP contribution in [0.4, 0.5) is 0 Å². The molecule has 0 spiro atoms. The first-order valence-electron chi connectivity index (χ1n) is 3.60. The molecule has 2 heteroatoms. The summed E-state index contributed by atoms with van der Waals surface area (Å²) in [6.07, 6.45) is 0.849. The molecule has 0 saturated carbocycles. The Morgan fingerprint density at radius 3 is 2.36 bits per heavy atom. The van der Waals surface area contributed by atoms with E-state index in [1.807, 2.05) is 19.1 Å². The van der Waals surface area contributed by atoms with E-state index in [2.05, 4.69) is 0 Å². The Kier molecular flexibility index (Phi) is 2.77. The van der Waals surface area contributed by atoms with Gasteiger partial charge in [0.05, 0.1) is 0 Å². The average molecular weight is 171 g/mol. The van der Waals surface area contributed by atoms with Gasteiger partial charge in [-0.2, -0.15) is 0 Å². The van der Waals surface area contributed by atoms with Crippen molar-refractivity contribution in [3.8, 4) is 5.75 Å². The maximum atomic E-state index is 8.96. The van der Waals surface area contributed by atoms with Crippen LogP contribution in [-0.4, -0.2) is 10.5 Å². The normalized spacial score (nSPS) is 12.9. The van der Waals surface area contributed by atoms with Crippen molar-refractivity contribution in [2.45, 2.75) is 18.7 Å². The average Bonchev–Trinajstić information content (AvgIpc) is 1.93. The third-order valence-corrected chi connectivity index (χ3v) is 1.61. The van der Waals surface area contributed by atoms with Crippen molar-refractivity contribution in [2.75, 3.05) is 0 Å². The molecule has 0 fully saturated rings. The van der Waals surface area contributed by atoms with Crippen LogP contribution in [0.5, 0.6) is 5.75 Å². The fourth-order valence-corrected chi connectivity index (χ4v) is 1.13. The molecule has 1 N–H and O–H groups in total. The maximum Gasteiger partial charge on any atom is 0.115 e. The van der Waals surface area contributed by atoms with E-state index in [1.54, 1.807) is 12.1 Å². The topological polar surface area (TPSA) is 20.2 Å². The predicted molar refractivity (Wildman–Crippen MR) is 47.1 cm³/mol. The maximum absolute atomic E-state index is 8.96. The number of phenolic OH excluding ortho intramolecular Hbond substituents is 1. The van der Waals surface area contributed by atoms with Crippen molar-refractivity contribution >= 4 is 11.6 Å². The van der Waals surface area contributed by atoms with E-state index < -0.39 is 0 Å². The largest absolute Gasteiger partial charge is 0.508 e. The number of benzene rings is 1. The smallest absolute Gasteiger partial charge is 0.115 e. The van der Waals surface area contributed by atoms with Crippen molar-refractivity contribution in [3.63, 3.8) is 0 Å². The number of alkyl halides is 1. The van der Waals surface area contributed by atoms with E-state index in [0.717, 1.165) is 12.0 Å². The fraction of sp³-hybridized carbons (Fsp3) is 0.333. The highest BCUT2D eigenvalue weighted by atomic mass is 35.5. The summed E-state index contributed by atoms with van der Waals surface area (Å²) in [5.74, 6) is 0.302. The Morgan fingerprint density at radius 1 is 1.36 bits per heavy atom. The molecule has 1 aromatic rings. The first-order valence-corrected chi connectivity index (χ1v) is 4.04. The standard InChI is InChI=1S/C9H11ClO/c1-7(10)6-8-2-4-9(11)5-3-8/h2-5,7,11H,6H2,1H3. The van der Waals surface area contributed by atoms with Gasteiger partial charge in [-0.15, -0.1) is 11.6 Å². The van der Waals surface area contributed by atoms with Crippen molar-refractivity contribution in [3.05, 3.63) is 29.8 Å². The number of halogens is 1. The Hall–Kier alpha value is -0.690. The highest BCUT2D eigenvalue weighted by Crippen LogP contribution is 2.12. The van der Waals surface area contributed by atoms with Gasteiger partial charge in [-0.05, 0) is 31.0 Å². The van der Waals surface area contributed by atoms with Crippen molar-refractivity contribution in [1.82, 2.24) is 0 Å². The van der Waals surface area contributed by atoms with Gasteiger partial charge in [-0.1, -0.05) is 12.1 Å². The summed E-state index contributed by atoms with van der Waals surface area (Å²) in [6.45, 7) is 1.95. The van der Waals surface area contributed by atoms with Crippen LogP contribution >= 0.6 is 11.6 Å². The van der Waals surface area contributed by atoms with Crippen LogP contribution in [0, 0.1) is 0 Å². The lowest BCUT2D eigenvalue weighted by molar-refractivity contribution is 0.475. The highest BCUT2D eigenvalue weighted by Gasteiger charge is 1.98. The van der Waals surface area contributed by atoms with Gasteiger partial charge < -0.3 is 5.11 Å². The Balaban J connectivity index is 2.66. The van der Waals surface area contributed by atoms with E-state index in [0.29, 0.717) is 5.75 Å². The molecule has 0 bridgehead atoms. The molecule has 60 valence electrons. The van der Waals surface area contributed by atoms with E-state index in [4.69, 9.17) is 16.7 Å². The van der Waals surface area contributed by atoms with Crippen LogP contribution in [0.1, 0.15) is 12.5 Å². The molecule has 0 aliphatic rings. The van der Waals surface area contributed by atoms with Crippen LogP contribution in [0.15, 0.2) is 24.3 Å². The van der Waals surface area contributed by atoms with E-state index in [1.165, 1.54) is 0 Å². The second-order valence-corrected chi connectivity index (χ2v) is 3.40. The summed E-state index contributed by atoms with van der Waals surface area (Å²) in [6, 6.07) is 7.12. The summed E-state index contributed by atoms with van der Waals surface area (Å²) < 4.78 is 0. The van der Waals surface area contributed by atoms with E-state index >= 15 is 0 Å². The lowest BCUT2D eigenvalue weighted by Crippen LogP contribution is -1.95. The van der Waals surface area contributed by atoms with Crippen LogP contribution in [0.3, 0.4) is 0 Å². The van der Waals surface area contributed by atoms with Gasteiger partial charge in [0.15, 0.2) is 0 Å². The zero-order valence-corrected chi connectivity index (χ0v) is 7.17. The number of phenols is 1. The molecule has 0 heterocycles. The van der Waals surface area contributed by atoms with Gasteiger partial charge in [0.1, 0.15) is 5.75 Å². The molecule has 1 nitrogen and oxygen atoms in total. The number of rotatable bonds is 2. The third-order valence-electron chi connectivity index (χ3n) is 1.45. The summed E-state index contributed by atoms with van der Waals surface area (Å²) >= 11 is 5.79. The summed E-state index contributed by atoms with van der Waals surface area (Å²) in [5.41, 5.74) is 1.16. The molecular formula is C9H11ClO. The Morgan fingerprint density at radius 2 is 1.91 bits per heavy atom. The van der Waals surface area contributed by atoms with Gasteiger partial charge >= 0.3 is 0 Å². The van der Waals surface area contributed by atoms with E-state index in [9.17, 15) is 0 Å². The summed E-state index contributed by atoms with van der Waals surface area (Å²) in [5, 5.41) is 9.11. The summed E-state index contributed by atoms with van der Waals surface area (Å²) in [4.78, 5) is 0. The molecule has 1 unspecified atom stereocenters. The molecule has 0 radical (unpaired) electrons. The van der Waals surface area contributed by atoms with Gasteiger partial charge in [0, 0.05) is 5.38 Å². The van der Waals surface area contributed by atoms with Gasteiger partial charge in [0.2, 0.25) is 0 Å². The van der Waals surface area contributed by atoms with Gasteiger partial charge in [0.25, 0.3) is 0 Å². The second kappa shape index (κ2) is 3.63. The molecule has 1 rings (SSSR count). The molecule has 0 aromatic heterocycles. The zero-order chi connectivity index (χ0) is 8.27. The van der Waals surface area contributed by atoms with Crippen molar-refractivity contribution < 1.29 is 5.11 Å². The van der Waals surface area contributed by atoms with Crippen LogP contribution < -0.4 is 0 Å². The lowest BCUT2D eigenvalue weighted by atomic mass is 10.1. The first-order chi connectivity index (χ1) is 5.18. The Labute approximate surface area is 71.6 Å². The summed E-state index contributed by atoms with van der Waals surface area (Å²) in [7, 11) is 0. The molecule has 0 aliphatic heterocycles. The zero-order valence-electron chi connectivity index (χ0n) is 6.42. The van der Waals surface area contributed by atoms with E-state index in [-0.39, 0.29) is 5.38 Å². The van der Waals surface area contributed by atoms with Crippen molar-refractivity contribution in [2.24, 2.45) is 0 Å². The molecule has 1 atom stereocenters. The number of hydrogen-bond acceptors (Lipinski definition) is 1. The first kappa shape index (κ1) is 8.41. The minimum absolute atomic E-state index is 0.152. The molecular weight excluding hydrogens is 160 g/mol. The third kappa shape index (κ3) is 2.81. The van der Waals surface area contributed by atoms with Crippen molar-refractivity contribution in [1.29, 1.82) is 0 Å².